The van der Waals surface area contributed by atoms with Crippen LogP contribution < -0.4 is 4.90 Å². The van der Waals surface area contributed by atoms with Gasteiger partial charge in [-0.15, -0.1) is 0 Å². The molecule has 0 saturated carbocycles. The van der Waals surface area contributed by atoms with Gasteiger partial charge in [-0.1, -0.05) is 18.7 Å². The standard InChI is InChI=1S/C16H20N2O4/c1-4-17(11-12-22-16(19)13(2)3)15-7-5-14(6-8-15)9-10-18(20)21/h5-10H,2,4,11-12H2,1,3H3. The van der Waals surface area contributed by atoms with Crippen molar-refractivity contribution < 1.29 is 14.5 Å². The highest BCUT2D eigenvalue weighted by Crippen LogP contribution is 2.16. The molecule has 22 heavy (non-hydrogen) atoms. The largest absolute Gasteiger partial charge is 0.460 e. The number of hydrogen-bond donors (Lipinski definition) is 0. The number of likely N-dealkylation sites (N-methyl/N-ethyl adjacent to an activating group) is 1. The Morgan fingerprint density at radius 1 is 1.41 bits per heavy atom. The smallest absolute Gasteiger partial charge is 0.333 e. The number of benzene rings is 1. The van der Waals surface area contributed by atoms with E-state index in [1.54, 1.807) is 19.1 Å². The third kappa shape index (κ3) is 5.78. The fourth-order valence-corrected chi connectivity index (χ4v) is 1.78. The normalized spacial score (nSPS) is 10.5. The monoisotopic (exact) mass is 304 g/mol. The first-order valence-electron chi connectivity index (χ1n) is 6.93. The SMILES string of the molecule is C=C(C)C(=O)OCCN(CC)c1ccc(C=C[N+](=O)[O-])cc1. The van der Waals surface area contributed by atoms with E-state index in [4.69, 9.17) is 4.74 Å². The van der Waals surface area contributed by atoms with Crippen LogP contribution in [0.5, 0.6) is 0 Å². The van der Waals surface area contributed by atoms with Crippen molar-refractivity contribution in [2.75, 3.05) is 24.6 Å². The van der Waals surface area contributed by atoms with Crippen LogP contribution in [0.25, 0.3) is 6.08 Å². The molecule has 0 spiro atoms. The lowest BCUT2D eigenvalue weighted by atomic mass is 10.2. The first-order chi connectivity index (χ1) is 10.4. The summed E-state index contributed by atoms with van der Waals surface area (Å²) in [6, 6.07) is 7.36. The van der Waals surface area contributed by atoms with Crippen molar-refractivity contribution in [2.45, 2.75) is 13.8 Å². The molecule has 0 unspecified atom stereocenters. The van der Waals surface area contributed by atoms with Crippen LogP contribution in [0, 0.1) is 10.1 Å². The summed E-state index contributed by atoms with van der Waals surface area (Å²) in [6.07, 6.45) is 2.35. The number of carbonyl (C=O) groups excluding carboxylic acids is 1. The Kier molecular flexibility index (Phi) is 6.82. The summed E-state index contributed by atoms with van der Waals surface area (Å²) in [5.74, 6) is -0.392. The molecule has 0 atom stereocenters. The second-order valence-corrected chi connectivity index (χ2v) is 4.69. The van der Waals surface area contributed by atoms with Crippen molar-refractivity contribution in [3.05, 3.63) is 58.3 Å². The van der Waals surface area contributed by atoms with E-state index in [1.165, 1.54) is 6.08 Å². The fourth-order valence-electron chi connectivity index (χ4n) is 1.78. The van der Waals surface area contributed by atoms with E-state index in [9.17, 15) is 14.9 Å². The molecule has 0 fully saturated rings. The number of nitrogens with zero attached hydrogens (tertiary/aromatic N) is 2. The van der Waals surface area contributed by atoms with Gasteiger partial charge < -0.3 is 9.64 Å². The van der Waals surface area contributed by atoms with E-state index in [0.717, 1.165) is 24.0 Å². The lowest BCUT2D eigenvalue weighted by Crippen LogP contribution is -2.28. The number of esters is 1. The quantitative estimate of drug-likeness (QED) is 0.319. The number of anilines is 1. The molecular weight excluding hydrogens is 284 g/mol. The highest BCUT2D eigenvalue weighted by molar-refractivity contribution is 5.86. The Labute approximate surface area is 129 Å². The van der Waals surface area contributed by atoms with E-state index in [-0.39, 0.29) is 6.61 Å². The molecule has 1 rings (SSSR count). The molecule has 0 bridgehead atoms. The summed E-state index contributed by atoms with van der Waals surface area (Å²) in [5, 5.41) is 10.3. The molecular formula is C16H20N2O4. The molecule has 1 aromatic carbocycles. The van der Waals surface area contributed by atoms with Gasteiger partial charge in [0.05, 0.1) is 11.5 Å². The summed E-state index contributed by atoms with van der Waals surface area (Å²) in [6.45, 7) is 8.75. The van der Waals surface area contributed by atoms with Gasteiger partial charge in [-0.25, -0.2) is 4.79 Å². The van der Waals surface area contributed by atoms with E-state index >= 15 is 0 Å². The van der Waals surface area contributed by atoms with Gasteiger partial charge in [-0.2, -0.15) is 0 Å². The maximum Gasteiger partial charge on any atom is 0.333 e. The Morgan fingerprint density at radius 2 is 2.05 bits per heavy atom. The molecule has 0 saturated heterocycles. The lowest BCUT2D eigenvalue weighted by Gasteiger charge is -2.23. The van der Waals surface area contributed by atoms with E-state index in [1.807, 2.05) is 24.0 Å². The molecule has 0 aliphatic carbocycles. The molecule has 6 heteroatoms. The molecule has 6 nitrogen and oxygen atoms in total. The predicted molar refractivity (Wildman–Crippen MR) is 86.1 cm³/mol. The summed E-state index contributed by atoms with van der Waals surface area (Å²) in [5.41, 5.74) is 2.10. The summed E-state index contributed by atoms with van der Waals surface area (Å²) in [4.78, 5) is 23.1. The van der Waals surface area contributed by atoms with Crippen molar-refractivity contribution in [1.29, 1.82) is 0 Å². The van der Waals surface area contributed by atoms with Crippen LogP contribution in [-0.2, 0) is 9.53 Å². The highest BCUT2D eigenvalue weighted by Gasteiger charge is 2.07. The van der Waals surface area contributed by atoms with Crippen LogP contribution in [0.2, 0.25) is 0 Å². The summed E-state index contributed by atoms with van der Waals surface area (Å²) < 4.78 is 5.08. The fraction of sp³-hybridized carbons (Fsp3) is 0.312. The first-order valence-corrected chi connectivity index (χ1v) is 6.93. The van der Waals surface area contributed by atoms with Crippen LogP contribution in [0.3, 0.4) is 0 Å². The van der Waals surface area contributed by atoms with Gasteiger partial charge in [-0.05, 0) is 31.5 Å². The highest BCUT2D eigenvalue weighted by atomic mass is 16.6. The van der Waals surface area contributed by atoms with Crippen LogP contribution >= 0.6 is 0 Å². The molecule has 118 valence electrons. The molecule has 0 heterocycles. The zero-order valence-electron chi connectivity index (χ0n) is 12.8. The molecule has 0 aromatic heterocycles. The van der Waals surface area contributed by atoms with Gasteiger partial charge >= 0.3 is 5.97 Å². The minimum atomic E-state index is -0.498. The average Bonchev–Trinajstić information content (AvgIpc) is 2.50. The summed E-state index contributed by atoms with van der Waals surface area (Å²) >= 11 is 0. The zero-order chi connectivity index (χ0) is 16.5. The number of nitro groups is 1. The van der Waals surface area contributed by atoms with Crippen LogP contribution in [-0.4, -0.2) is 30.6 Å². The van der Waals surface area contributed by atoms with Crippen molar-refractivity contribution >= 4 is 17.7 Å². The Morgan fingerprint density at radius 3 is 2.55 bits per heavy atom. The van der Waals surface area contributed by atoms with E-state index in [2.05, 4.69) is 6.58 Å². The number of ether oxygens (including phenoxy) is 1. The first kappa shape index (κ1) is 17.4. The minimum Gasteiger partial charge on any atom is -0.460 e. The lowest BCUT2D eigenvalue weighted by molar-refractivity contribution is -0.400. The van der Waals surface area contributed by atoms with Crippen LogP contribution in [0.4, 0.5) is 5.69 Å². The summed E-state index contributed by atoms with van der Waals surface area (Å²) in [7, 11) is 0. The van der Waals surface area contributed by atoms with Crippen molar-refractivity contribution in [3.8, 4) is 0 Å². The van der Waals surface area contributed by atoms with Gasteiger partial charge in [0, 0.05) is 23.9 Å². The molecule has 0 amide bonds. The average molecular weight is 304 g/mol. The third-order valence-electron chi connectivity index (χ3n) is 2.97. The van der Waals surface area contributed by atoms with Gasteiger partial charge in [0.1, 0.15) is 6.61 Å². The van der Waals surface area contributed by atoms with Crippen molar-refractivity contribution in [1.82, 2.24) is 0 Å². The molecule has 0 aliphatic heterocycles. The predicted octanol–water partition coefficient (Wildman–Crippen LogP) is 2.88. The van der Waals surface area contributed by atoms with E-state index < -0.39 is 10.9 Å². The van der Waals surface area contributed by atoms with Crippen LogP contribution in [0.1, 0.15) is 19.4 Å². The zero-order valence-corrected chi connectivity index (χ0v) is 12.8. The number of carbonyl (C=O) groups is 1. The van der Waals surface area contributed by atoms with Crippen molar-refractivity contribution in [2.24, 2.45) is 0 Å². The van der Waals surface area contributed by atoms with Crippen LogP contribution in [0.15, 0.2) is 42.6 Å². The van der Waals surface area contributed by atoms with E-state index in [0.29, 0.717) is 12.1 Å². The van der Waals surface area contributed by atoms with Gasteiger partial charge in [0.25, 0.3) is 0 Å². The maximum absolute atomic E-state index is 11.3. The second kappa shape index (κ2) is 8.61. The molecule has 0 radical (unpaired) electrons. The number of hydrogen-bond acceptors (Lipinski definition) is 5. The van der Waals surface area contributed by atoms with Crippen molar-refractivity contribution in [3.63, 3.8) is 0 Å². The number of rotatable bonds is 8. The Balaban J connectivity index is 2.61. The maximum atomic E-state index is 11.3. The van der Waals surface area contributed by atoms with Gasteiger partial charge in [-0.3, -0.25) is 10.1 Å². The topological polar surface area (TPSA) is 72.7 Å². The van der Waals surface area contributed by atoms with Gasteiger partial charge in [0.2, 0.25) is 6.20 Å². The Hall–Kier alpha value is -2.63. The molecule has 0 aliphatic rings. The van der Waals surface area contributed by atoms with Gasteiger partial charge in [0.15, 0.2) is 0 Å². The second-order valence-electron chi connectivity index (χ2n) is 4.69. The third-order valence-corrected chi connectivity index (χ3v) is 2.97. The minimum absolute atomic E-state index is 0.280. The molecule has 0 N–H and O–H groups in total. The Bertz CT molecular complexity index is 564. The molecule has 1 aromatic rings.